The van der Waals surface area contributed by atoms with Crippen LogP contribution in [0.25, 0.3) is 0 Å². The number of nitriles is 1. The number of Topliss-reactive ketones (excluding diaryl/α,β-unsaturated/α-hetero) is 1. The van der Waals surface area contributed by atoms with Gasteiger partial charge in [0.05, 0.1) is 17.2 Å². The molecule has 0 unspecified atom stereocenters. The molecule has 0 saturated carbocycles. The summed E-state index contributed by atoms with van der Waals surface area (Å²) in [5, 5.41) is 9.34. The first-order valence-corrected chi connectivity index (χ1v) is 6.90. The van der Waals surface area contributed by atoms with Crippen LogP contribution in [0.1, 0.15) is 33.2 Å². The average molecular weight is 314 g/mol. The maximum Gasteiger partial charge on any atom is 0.338 e. The van der Waals surface area contributed by atoms with Gasteiger partial charge in [-0.2, -0.15) is 5.26 Å². The molecule has 0 aliphatic carbocycles. The van der Waals surface area contributed by atoms with E-state index in [0.29, 0.717) is 16.1 Å². The minimum absolute atomic E-state index is 0.231. The number of ketones is 1. The molecule has 0 bridgehead atoms. The van der Waals surface area contributed by atoms with Crippen LogP contribution in [0.5, 0.6) is 0 Å². The molecule has 0 fully saturated rings. The molecule has 2 aromatic rings. The first-order chi connectivity index (χ1) is 10.5. The van der Waals surface area contributed by atoms with Crippen LogP contribution < -0.4 is 0 Å². The Morgan fingerprint density at radius 1 is 1.14 bits per heavy atom. The van der Waals surface area contributed by atoms with Crippen LogP contribution in [-0.4, -0.2) is 17.9 Å². The Kier molecular flexibility index (Phi) is 4.92. The van der Waals surface area contributed by atoms with Gasteiger partial charge in [0.15, 0.2) is 6.10 Å². The van der Waals surface area contributed by atoms with E-state index in [9.17, 15) is 9.59 Å². The fraction of sp³-hybridized carbons (Fsp3) is 0.118. The quantitative estimate of drug-likeness (QED) is 0.638. The Morgan fingerprint density at radius 2 is 1.82 bits per heavy atom. The van der Waals surface area contributed by atoms with Crippen LogP contribution in [0, 0.1) is 11.3 Å². The summed E-state index contributed by atoms with van der Waals surface area (Å²) in [4.78, 5) is 24.2. The van der Waals surface area contributed by atoms with Crippen molar-refractivity contribution in [2.24, 2.45) is 0 Å². The van der Waals surface area contributed by atoms with E-state index in [0.717, 1.165) is 0 Å². The SMILES string of the molecule is C[C@@H](OC(=O)c1cccc(C#N)c1)C(=O)c1ccc(Cl)cc1. The van der Waals surface area contributed by atoms with Crippen molar-refractivity contribution in [1.29, 1.82) is 5.26 Å². The van der Waals surface area contributed by atoms with Gasteiger partial charge in [0.1, 0.15) is 0 Å². The molecular weight excluding hydrogens is 302 g/mol. The highest BCUT2D eigenvalue weighted by atomic mass is 35.5. The molecule has 0 aliphatic rings. The van der Waals surface area contributed by atoms with Crippen LogP contribution in [-0.2, 0) is 4.74 Å². The largest absolute Gasteiger partial charge is 0.451 e. The second-order valence-electron chi connectivity index (χ2n) is 4.61. The van der Waals surface area contributed by atoms with Crippen molar-refractivity contribution < 1.29 is 14.3 Å². The van der Waals surface area contributed by atoms with Gasteiger partial charge in [-0.05, 0) is 49.4 Å². The fourth-order valence-electron chi connectivity index (χ4n) is 1.85. The number of nitrogens with zero attached hydrogens (tertiary/aromatic N) is 1. The zero-order valence-corrected chi connectivity index (χ0v) is 12.5. The maximum absolute atomic E-state index is 12.2. The molecule has 0 aliphatic heterocycles. The van der Waals surface area contributed by atoms with E-state index in [2.05, 4.69) is 0 Å². The molecule has 0 N–H and O–H groups in total. The number of hydrogen-bond donors (Lipinski definition) is 0. The van der Waals surface area contributed by atoms with Gasteiger partial charge in [0, 0.05) is 10.6 Å². The van der Waals surface area contributed by atoms with Gasteiger partial charge in [0.2, 0.25) is 5.78 Å². The minimum atomic E-state index is -0.931. The summed E-state index contributed by atoms with van der Waals surface area (Å²) in [7, 11) is 0. The highest BCUT2D eigenvalue weighted by molar-refractivity contribution is 6.30. The summed E-state index contributed by atoms with van der Waals surface area (Å²) in [6.45, 7) is 1.50. The van der Waals surface area contributed by atoms with Gasteiger partial charge in [-0.25, -0.2) is 4.79 Å². The third-order valence-corrected chi connectivity index (χ3v) is 3.26. The van der Waals surface area contributed by atoms with Crippen molar-refractivity contribution in [2.45, 2.75) is 13.0 Å². The first kappa shape index (κ1) is 15.7. The number of halogens is 1. The van der Waals surface area contributed by atoms with Gasteiger partial charge >= 0.3 is 5.97 Å². The number of rotatable bonds is 4. The molecule has 4 nitrogen and oxygen atoms in total. The van der Waals surface area contributed by atoms with E-state index in [4.69, 9.17) is 21.6 Å². The number of carbonyl (C=O) groups is 2. The Balaban J connectivity index is 2.09. The number of ether oxygens (including phenoxy) is 1. The molecule has 0 radical (unpaired) electrons. The Bertz CT molecular complexity index is 747. The Hall–Kier alpha value is -2.64. The van der Waals surface area contributed by atoms with Crippen molar-refractivity contribution in [3.8, 4) is 6.07 Å². The highest BCUT2D eigenvalue weighted by Gasteiger charge is 2.20. The van der Waals surface area contributed by atoms with Crippen molar-refractivity contribution in [3.05, 3.63) is 70.2 Å². The summed E-state index contributed by atoms with van der Waals surface area (Å²) in [6.07, 6.45) is -0.931. The van der Waals surface area contributed by atoms with Crippen molar-refractivity contribution in [3.63, 3.8) is 0 Å². The third-order valence-electron chi connectivity index (χ3n) is 3.01. The molecule has 0 saturated heterocycles. The van der Waals surface area contributed by atoms with Gasteiger partial charge in [-0.15, -0.1) is 0 Å². The molecular formula is C17H12ClNO3. The number of benzene rings is 2. The molecule has 2 aromatic carbocycles. The molecule has 0 heterocycles. The third kappa shape index (κ3) is 3.72. The summed E-state index contributed by atoms with van der Waals surface area (Å²) >= 11 is 5.77. The standard InChI is InChI=1S/C17H12ClNO3/c1-11(16(20)13-5-7-15(18)8-6-13)22-17(21)14-4-2-3-12(9-14)10-19/h2-9,11H,1H3/t11-/m1/s1. The topological polar surface area (TPSA) is 67.2 Å². The lowest BCUT2D eigenvalue weighted by Crippen LogP contribution is -2.24. The van der Waals surface area contributed by atoms with Crippen LogP contribution >= 0.6 is 11.6 Å². The molecule has 0 aromatic heterocycles. The fourth-order valence-corrected chi connectivity index (χ4v) is 1.97. The molecule has 0 spiro atoms. The second kappa shape index (κ2) is 6.88. The maximum atomic E-state index is 12.2. The lowest BCUT2D eigenvalue weighted by atomic mass is 10.1. The molecule has 110 valence electrons. The number of carbonyl (C=O) groups excluding carboxylic acids is 2. The van der Waals surface area contributed by atoms with E-state index in [1.807, 2.05) is 6.07 Å². The van der Waals surface area contributed by atoms with Crippen LogP contribution in [0.3, 0.4) is 0 Å². The molecule has 22 heavy (non-hydrogen) atoms. The second-order valence-corrected chi connectivity index (χ2v) is 5.05. The Labute approximate surface area is 132 Å². The first-order valence-electron chi connectivity index (χ1n) is 6.52. The van der Waals surface area contributed by atoms with Crippen molar-refractivity contribution >= 4 is 23.4 Å². The molecule has 5 heteroatoms. The summed E-state index contributed by atoms with van der Waals surface area (Å²) in [5.41, 5.74) is 0.997. The van der Waals surface area contributed by atoms with Gasteiger partial charge in [0.25, 0.3) is 0 Å². The number of hydrogen-bond acceptors (Lipinski definition) is 4. The predicted octanol–water partition coefficient (Wildman–Crippen LogP) is 3.64. The average Bonchev–Trinajstić information content (AvgIpc) is 2.54. The van der Waals surface area contributed by atoms with E-state index in [-0.39, 0.29) is 11.3 Å². The molecule has 2 rings (SSSR count). The van der Waals surface area contributed by atoms with Crippen LogP contribution in [0.4, 0.5) is 0 Å². The minimum Gasteiger partial charge on any atom is -0.451 e. The van der Waals surface area contributed by atoms with E-state index in [1.165, 1.54) is 19.1 Å². The zero-order valence-electron chi connectivity index (χ0n) is 11.7. The Morgan fingerprint density at radius 3 is 2.45 bits per heavy atom. The van der Waals surface area contributed by atoms with Crippen molar-refractivity contribution in [2.75, 3.05) is 0 Å². The lowest BCUT2D eigenvalue weighted by molar-refractivity contribution is 0.0319. The van der Waals surface area contributed by atoms with Crippen LogP contribution in [0.15, 0.2) is 48.5 Å². The van der Waals surface area contributed by atoms with Gasteiger partial charge < -0.3 is 4.74 Å². The van der Waals surface area contributed by atoms with Crippen molar-refractivity contribution in [1.82, 2.24) is 0 Å². The van der Waals surface area contributed by atoms with Crippen LogP contribution in [0.2, 0.25) is 5.02 Å². The highest BCUT2D eigenvalue weighted by Crippen LogP contribution is 2.14. The zero-order chi connectivity index (χ0) is 16.1. The number of esters is 1. The normalized spacial score (nSPS) is 11.3. The van der Waals surface area contributed by atoms with Gasteiger partial charge in [-0.1, -0.05) is 17.7 Å². The molecule has 0 amide bonds. The summed E-state index contributed by atoms with van der Waals surface area (Å²) < 4.78 is 5.15. The predicted molar refractivity (Wildman–Crippen MR) is 81.8 cm³/mol. The van der Waals surface area contributed by atoms with E-state index >= 15 is 0 Å². The smallest absolute Gasteiger partial charge is 0.338 e. The summed E-state index contributed by atoms with van der Waals surface area (Å²) in [6, 6.07) is 14.4. The summed E-state index contributed by atoms with van der Waals surface area (Å²) in [5.74, 6) is -0.964. The molecule has 1 atom stereocenters. The van der Waals surface area contributed by atoms with Gasteiger partial charge in [-0.3, -0.25) is 4.79 Å². The van der Waals surface area contributed by atoms with E-state index < -0.39 is 12.1 Å². The van der Waals surface area contributed by atoms with E-state index in [1.54, 1.807) is 36.4 Å². The lowest BCUT2D eigenvalue weighted by Gasteiger charge is -2.12. The monoisotopic (exact) mass is 313 g/mol.